The number of nitrogens with two attached hydrogens (primary N) is 1. The van der Waals surface area contributed by atoms with Crippen molar-refractivity contribution >= 4 is 0 Å². The minimum Gasteiger partial charge on any atom is -0.327 e. The Morgan fingerprint density at radius 2 is 2.50 bits per heavy atom. The number of hydrogen-bond donors (Lipinski definition) is 1. The van der Waals surface area contributed by atoms with E-state index in [0.29, 0.717) is 6.04 Å². The summed E-state index contributed by atoms with van der Waals surface area (Å²) in [5.74, 6) is 0. The summed E-state index contributed by atoms with van der Waals surface area (Å²) in [6.45, 7) is 3.00. The monoisotopic (exact) mass is 166 g/mol. The molecule has 1 aliphatic rings. The zero-order valence-electron chi connectivity index (χ0n) is 7.32. The van der Waals surface area contributed by atoms with Crippen molar-refractivity contribution in [2.75, 3.05) is 0 Å². The molecule has 4 heteroatoms. The van der Waals surface area contributed by atoms with Crippen LogP contribution in [0.15, 0.2) is 0 Å². The molecule has 0 fully saturated rings. The fourth-order valence-corrected chi connectivity index (χ4v) is 1.73. The van der Waals surface area contributed by atoms with E-state index in [-0.39, 0.29) is 0 Å². The molecule has 0 amide bonds. The van der Waals surface area contributed by atoms with E-state index in [0.717, 1.165) is 31.5 Å². The molecule has 12 heavy (non-hydrogen) atoms. The second-order valence-corrected chi connectivity index (χ2v) is 3.30. The summed E-state index contributed by atoms with van der Waals surface area (Å²) in [5, 5.41) is 8.17. The highest BCUT2D eigenvalue weighted by atomic mass is 15.4. The van der Waals surface area contributed by atoms with Crippen LogP contribution >= 0.6 is 0 Å². The van der Waals surface area contributed by atoms with Gasteiger partial charge in [0, 0.05) is 19.0 Å². The normalized spacial score (nSPS) is 22.3. The molecular weight excluding hydrogens is 152 g/mol. The van der Waals surface area contributed by atoms with Gasteiger partial charge in [-0.25, -0.2) is 4.68 Å². The zero-order chi connectivity index (χ0) is 8.55. The van der Waals surface area contributed by atoms with Crippen molar-refractivity contribution in [3.05, 3.63) is 11.4 Å². The van der Waals surface area contributed by atoms with Crippen LogP contribution in [0.5, 0.6) is 0 Å². The topological polar surface area (TPSA) is 56.7 Å². The fourth-order valence-electron chi connectivity index (χ4n) is 1.73. The second kappa shape index (κ2) is 2.86. The number of hydrogen-bond acceptors (Lipinski definition) is 3. The van der Waals surface area contributed by atoms with Crippen molar-refractivity contribution in [3.8, 4) is 0 Å². The van der Waals surface area contributed by atoms with E-state index in [1.54, 1.807) is 0 Å². The van der Waals surface area contributed by atoms with Gasteiger partial charge in [-0.05, 0) is 19.8 Å². The van der Waals surface area contributed by atoms with Gasteiger partial charge < -0.3 is 5.73 Å². The fraction of sp³-hybridized carbons (Fsp3) is 0.750. The minimum atomic E-state index is 0.291. The molecular formula is C8H14N4. The third-order valence-corrected chi connectivity index (χ3v) is 2.43. The standard InChI is InChI=1S/C8H14N4/c1-2-12-8-4-3-6(9)5-7(8)10-11-12/h6H,2-5,9H2,1H3. The molecule has 0 aliphatic heterocycles. The van der Waals surface area contributed by atoms with E-state index in [1.807, 2.05) is 4.68 Å². The van der Waals surface area contributed by atoms with Crippen molar-refractivity contribution in [1.82, 2.24) is 15.0 Å². The average Bonchev–Trinajstić information content (AvgIpc) is 2.46. The molecule has 0 saturated heterocycles. The van der Waals surface area contributed by atoms with Crippen LogP contribution in [0.2, 0.25) is 0 Å². The molecule has 2 N–H and O–H groups in total. The minimum absolute atomic E-state index is 0.291. The highest BCUT2D eigenvalue weighted by Crippen LogP contribution is 2.17. The number of fused-ring (bicyclic) bond motifs is 1. The summed E-state index contributed by atoms with van der Waals surface area (Å²) < 4.78 is 1.97. The van der Waals surface area contributed by atoms with E-state index >= 15 is 0 Å². The van der Waals surface area contributed by atoms with Gasteiger partial charge in [-0.15, -0.1) is 5.10 Å². The maximum absolute atomic E-state index is 5.82. The third-order valence-electron chi connectivity index (χ3n) is 2.43. The lowest BCUT2D eigenvalue weighted by atomic mass is 9.97. The zero-order valence-corrected chi connectivity index (χ0v) is 7.32. The van der Waals surface area contributed by atoms with Crippen molar-refractivity contribution in [2.24, 2.45) is 5.73 Å². The molecule has 1 aromatic rings. The molecule has 1 aliphatic carbocycles. The van der Waals surface area contributed by atoms with Gasteiger partial charge >= 0.3 is 0 Å². The van der Waals surface area contributed by atoms with Gasteiger partial charge in [0.15, 0.2) is 0 Å². The summed E-state index contributed by atoms with van der Waals surface area (Å²) in [6.07, 6.45) is 3.01. The number of rotatable bonds is 1. The van der Waals surface area contributed by atoms with Gasteiger partial charge in [0.1, 0.15) is 0 Å². The Morgan fingerprint density at radius 3 is 3.25 bits per heavy atom. The lowest BCUT2D eigenvalue weighted by Gasteiger charge is -2.17. The SMILES string of the molecule is CCn1nnc2c1CCC(N)C2. The maximum atomic E-state index is 5.82. The second-order valence-electron chi connectivity index (χ2n) is 3.30. The van der Waals surface area contributed by atoms with Crippen molar-refractivity contribution in [3.63, 3.8) is 0 Å². The average molecular weight is 166 g/mol. The van der Waals surface area contributed by atoms with Crippen LogP contribution in [0.4, 0.5) is 0 Å². The van der Waals surface area contributed by atoms with Crippen LogP contribution in [-0.2, 0) is 19.4 Å². The van der Waals surface area contributed by atoms with Gasteiger partial charge in [-0.2, -0.15) is 0 Å². The van der Waals surface area contributed by atoms with E-state index < -0.39 is 0 Å². The first-order valence-electron chi connectivity index (χ1n) is 4.48. The summed E-state index contributed by atoms with van der Waals surface area (Å²) >= 11 is 0. The number of aryl methyl sites for hydroxylation is 1. The van der Waals surface area contributed by atoms with Crippen LogP contribution in [0.1, 0.15) is 24.7 Å². The Bertz CT molecular complexity index is 279. The largest absolute Gasteiger partial charge is 0.327 e. The van der Waals surface area contributed by atoms with Crippen LogP contribution < -0.4 is 5.73 Å². The first-order chi connectivity index (χ1) is 5.81. The van der Waals surface area contributed by atoms with E-state index in [4.69, 9.17) is 5.73 Å². The predicted octanol–water partition coefficient (Wildman–Crippen LogP) is 0.114. The molecule has 0 aromatic carbocycles. The highest BCUT2D eigenvalue weighted by Gasteiger charge is 2.20. The van der Waals surface area contributed by atoms with Crippen LogP contribution in [-0.4, -0.2) is 21.0 Å². The number of nitrogens with zero attached hydrogens (tertiary/aromatic N) is 3. The van der Waals surface area contributed by atoms with Crippen molar-refractivity contribution in [2.45, 2.75) is 38.8 Å². The molecule has 1 unspecified atom stereocenters. The van der Waals surface area contributed by atoms with Gasteiger partial charge in [0.25, 0.3) is 0 Å². The molecule has 0 saturated carbocycles. The molecule has 0 bridgehead atoms. The lowest BCUT2D eigenvalue weighted by Crippen LogP contribution is -2.28. The van der Waals surface area contributed by atoms with E-state index in [2.05, 4.69) is 17.2 Å². The van der Waals surface area contributed by atoms with Crippen LogP contribution in [0.3, 0.4) is 0 Å². The van der Waals surface area contributed by atoms with Crippen LogP contribution in [0, 0.1) is 0 Å². The number of aromatic nitrogens is 3. The Morgan fingerprint density at radius 1 is 1.67 bits per heavy atom. The molecule has 0 radical (unpaired) electrons. The summed E-state index contributed by atoms with van der Waals surface area (Å²) in [4.78, 5) is 0. The van der Waals surface area contributed by atoms with E-state index in [9.17, 15) is 0 Å². The quantitative estimate of drug-likeness (QED) is 0.644. The maximum Gasteiger partial charge on any atom is 0.0874 e. The summed E-state index contributed by atoms with van der Waals surface area (Å²) in [6, 6.07) is 0.291. The van der Waals surface area contributed by atoms with Crippen molar-refractivity contribution in [1.29, 1.82) is 0 Å². The predicted molar refractivity (Wildman–Crippen MR) is 45.7 cm³/mol. The van der Waals surface area contributed by atoms with Gasteiger partial charge in [-0.3, -0.25) is 0 Å². The smallest absolute Gasteiger partial charge is 0.0874 e. The van der Waals surface area contributed by atoms with Crippen molar-refractivity contribution < 1.29 is 0 Å². The Labute approximate surface area is 71.8 Å². The Kier molecular flexibility index (Phi) is 1.84. The van der Waals surface area contributed by atoms with Crippen LogP contribution in [0.25, 0.3) is 0 Å². The van der Waals surface area contributed by atoms with Gasteiger partial charge in [-0.1, -0.05) is 5.21 Å². The Hall–Kier alpha value is -0.900. The van der Waals surface area contributed by atoms with Gasteiger partial charge in [0.05, 0.1) is 11.4 Å². The molecule has 66 valence electrons. The Balaban J connectivity index is 2.32. The lowest BCUT2D eigenvalue weighted by molar-refractivity contribution is 0.535. The molecule has 4 nitrogen and oxygen atoms in total. The first-order valence-corrected chi connectivity index (χ1v) is 4.48. The summed E-state index contributed by atoms with van der Waals surface area (Å²) in [7, 11) is 0. The van der Waals surface area contributed by atoms with Gasteiger partial charge in [0.2, 0.25) is 0 Å². The molecule has 1 aromatic heterocycles. The third kappa shape index (κ3) is 1.12. The first kappa shape index (κ1) is 7.73. The molecule has 1 heterocycles. The highest BCUT2D eigenvalue weighted by molar-refractivity contribution is 5.15. The summed E-state index contributed by atoms with van der Waals surface area (Å²) in [5.41, 5.74) is 8.22. The molecule has 0 spiro atoms. The molecule has 2 rings (SSSR count). The molecule has 1 atom stereocenters. The van der Waals surface area contributed by atoms with E-state index in [1.165, 1.54) is 5.69 Å².